The van der Waals surface area contributed by atoms with E-state index in [1.807, 2.05) is 26.2 Å². The summed E-state index contributed by atoms with van der Waals surface area (Å²) in [5, 5.41) is 4.10. The second-order valence-electron chi connectivity index (χ2n) is 4.59. The molecule has 1 aromatic heterocycles. The third kappa shape index (κ3) is 3.80. The number of nitrogens with two attached hydrogens (primary N) is 2. The predicted molar refractivity (Wildman–Crippen MR) is 71.7 cm³/mol. The van der Waals surface area contributed by atoms with Gasteiger partial charge in [-0.05, 0) is 43.2 Å². The highest BCUT2D eigenvalue weighted by molar-refractivity contribution is 7.07. The number of hydrogen-bond donors (Lipinski definition) is 2. The molecular formula is C12H21N3OS. The summed E-state index contributed by atoms with van der Waals surface area (Å²) in [5.41, 5.74) is 12.5. The third-order valence-corrected chi connectivity index (χ3v) is 3.44. The first-order valence-electron chi connectivity index (χ1n) is 5.75. The van der Waals surface area contributed by atoms with Crippen molar-refractivity contribution in [1.82, 2.24) is 4.90 Å². The Kier molecular flexibility index (Phi) is 5.11. The van der Waals surface area contributed by atoms with Gasteiger partial charge in [0.2, 0.25) is 5.91 Å². The van der Waals surface area contributed by atoms with E-state index in [1.54, 1.807) is 11.3 Å². The van der Waals surface area contributed by atoms with Crippen molar-refractivity contribution < 1.29 is 4.79 Å². The van der Waals surface area contributed by atoms with Crippen LogP contribution in [0.5, 0.6) is 0 Å². The van der Waals surface area contributed by atoms with Gasteiger partial charge in [0.05, 0.1) is 12.6 Å². The van der Waals surface area contributed by atoms with Crippen molar-refractivity contribution in [3.05, 3.63) is 22.4 Å². The van der Waals surface area contributed by atoms with Crippen LogP contribution in [0.15, 0.2) is 16.8 Å². The Bertz CT molecular complexity index is 349. The summed E-state index contributed by atoms with van der Waals surface area (Å²) in [7, 11) is 0. The molecule has 1 heterocycles. The first-order valence-corrected chi connectivity index (χ1v) is 6.69. The lowest BCUT2D eigenvalue weighted by molar-refractivity contribution is -0.120. The van der Waals surface area contributed by atoms with E-state index in [4.69, 9.17) is 11.5 Å². The Balaban J connectivity index is 2.97. The predicted octanol–water partition coefficient (Wildman–Crippen LogP) is 1.33. The van der Waals surface area contributed by atoms with Crippen molar-refractivity contribution in [1.29, 1.82) is 0 Å². The number of rotatable bonds is 6. The van der Waals surface area contributed by atoms with Crippen LogP contribution in [0.4, 0.5) is 0 Å². The molecule has 5 heteroatoms. The van der Waals surface area contributed by atoms with Gasteiger partial charge in [-0.25, -0.2) is 0 Å². The number of carbonyl (C=O) groups is 1. The Morgan fingerprint density at radius 1 is 1.47 bits per heavy atom. The van der Waals surface area contributed by atoms with E-state index in [2.05, 4.69) is 16.3 Å². The van der Waals surface area contributed by atoms with E-state index in [9.17, 15) is 4.79 Å². The summed E-state index contributed by atoms with van der Waals surface area (Å²) in [5.74, 6) is -0.320. The molecule has 1 rings (SSSR count). The van der Waals surface area contributed by atoms with Gasteiger partial charge in [-0.1, -0.05) is 0 Å². The molecule has 1 aromatic rings. The van der Waals surface area contributed by atoms with Crippen molar-refractivity contribution in [2.75, 3.05) is 6.54 Å². The van der Waals surface area contributed by atoms with E-state index in [-0.39, 0.29) is 30.6 Å². The van der Waals surface area contributed by atoms with Crippen molar-refractivity contribution >= 4 is 17.2 Å². The van der Waals surface area contributed by atoms with Crippen molar-refractivity contribution in [3.63, 3.8) is 0 Å². The van der Waals surface area contributed by atoms with E-state index >= 15 is 0 Å². The molecule has 0 aliphatic carbocycles. The zero-order valence-electron chi connectivity index (χ0n) is 10.6. The standard InChI is InChI=1S/C12H21N3OS/c1-8(2)15(6-11(14)16)12(9(3)13)10-4-5-17-7-10/h4-5,7-9,12H,6,13H2,1-3H3,(H2,14,16). The molecule has 4 N–H and O–H groups in total. The molecule has 0 saturated heterocycles. The summed E-state index contributed by atoms with van der Waals surface area (Å²) >= 11 is 1.63. The molecule has 0 aliphatic rings. The lowest BCUT2D eigenvalue weighted by atomic mass is 10.0. The topological polar surface area (TPSA) is 72.3 Å². The Hall–Kier alpha value is -0.910. The zero-order chi connectivity index (χ0) is 13.0. The molecule has 96 valence electrons. The normalized spacial score (nSPS) is 15.2. The van der Waals surface area contributed by atoms with E-state index in [1.165, 1.54) is 0 Å². The summed E-state index contributed by atoms with van der Waals surface area (Å²) in [6.07, 6.45) is 0. The van der Waals surface area contributed by atoms with Gasteiger partial charge < -0.3 is 11.5 Å². The van der Waals surface area contributed by atoms with Gasteiger partial charge in [0, 0.05) is 12.1 Å². The van der Waals surface area contributed by atoms with Crippen LogP contribution in [0, 0.1) is 0 Å². The Labute approximate surface area is 107 Å². The van der Waals surface area contributed by atoms with Crippen LogP contribution in [0.25, 0.3) is 0 Å². The van der Waals surface area contributed by atoms with Gasteiger partial charge in [0.1, 0.15) is 0 Å². The highest BCUT2D eigenvalue weighted by Gasteiger charge is 2.27. The minimum absolute atomic E-state index is 0.0359. The van der Waals surface area contributed by atoms with Gasteiger partial charge in [0.25, 0.3) is 0 Å². The molecule has 0 saturated carbocycles. The second-order valence-corrected chi connectivity index (χ2v) is 5.37. The van der Waals surface area contributed by atoms with Crippen LogP contribution in [-0.2, 0) is 4.79 Å². The molecule has 2 atom stereocenters. The molecule has 1 amide bonds. The molecule has 4 nitrogen and oxygen atoms in total. The average Bonchev–Trinajstić information content (AvgIpc) is 2.68. The molecule has 0 aliphatic heterocycles. The van der Waals surface area contributed by atoms with Crippen molar-refractivity contribution in [2.45, 2.75) is 38.9 Å². The largest absolute Gasteiger partial charge is 0.369 e. The van der Waals surface area contributed by atoms with Crippen molar-refractivity contribution in [3.8, 4) is 0 Å². The van der Waals surface area contributed by atoms with Crippen LogP contribution in [0.2, 0.25) is 0 Å². The SMILES string of the molecule is CC(N)C(c1ccsc1)N(CC(N)=O)C(C)C. The quantitative estimate of drug-likeness (QED) is 0.805. The van der Waals surface area contributed by atoms with Gasteiger partial charge in [-0.3, -0.25) is 9.69 Å². The Morgan fingerprint density at radius 2 is 2.12 bits per heavy atom. The second kappa shape index (κ2) is 6.14. The maximum absolute atomic E-state index is 11.2. The van der Waals surface area contributed by atoms with Crippen LogP contribution in [0.1, 0.15) is 32.4 Å². The minimum atomic E-state index is -0.320. The van der Waals surface area contributed by atoms with Crippen molar-refractivity contribution in [2.24, 2.45) is 11.5 Å². The van der Waals surface area contributed by atoms with E-state index in [0.717, 1.165) is 5.56 Å². The monoisotopic (exact) mass is 255 g/mol. The maximum atomic E-state index is 11.2. The number of amides is 1. The lowest BCUT2D eigenvalue weighted by Gasteiger charge is -2.36. The number of hydrogen-bond acceptors (Lipinski definition) is 4. The highest BCUT2D eigenvalue weighted by atomic mass is 32.1. The summed E-state index contributed by atoms with van der Waals surface area (Å²) in [6.45, 7) is 6.29. The fraction of sp³-hybridized carbons (Fsp3) is 0.583. The number of nitrogens with zero attached hydrogens (tertiary/aromatic N) is 1. The molecular weight excluding hydrogens is 234 g/mol. The zero-order valence-corrected chi connectivity index (χ0v) is 11.4. The molecule has 17 heavy (non-hydrogen) atoms. The molecule has 0 aromatic carbocycles. The molecule has 0 radical (unpaired) electrons. The average molecular weight is 255 g/mol. The number of thiophene rings is 1. The van der Waals surface area contributed by atoms with Crippen LogP contribution < -0.4 is 11.5 Å². The summed E-state index contributed by atoms with van der Waals surface area (Å²) in [4.78, 5) is 13.2. The van der Waals surface area contributed by atoms with Gasteiger partial charge in [0.15, 0.2) is 0 Å². The smallest absolute Gasteiger partial charge is 0.231 e. The highest BCUT2D eigenvalue weighted by Crippen LogP contribution is 2.27. The third-order valence-electron chi connectivity index (χ3n) is 2.74. The van der Waals surface area contributed by atoms with E-state index in [0.29, 0.717) is 0 Å². The molecule has 0 fully saturated rings. The lowest BCUT2D eigenvalue weighted by Crippen LogP contribution is -2.46. The minimum Gasteiger partial charge on any atom is -0.369 e. The Morgan fingerprint density at radius 3 is 2.47 bits per heavy atom. The fourth-order valence-electron chi connectivity index (χ4n) is 2.02. The van der Waals surface area contributed by atoms with Gasteiger partial charge >= 0.3 is 0 Å². The molecule has 0 spiro atoms. The van der Waals surface area contributed by atoms with Crippen LogP contribution in [0.3, 0.4) is 0 Å². The fourth-order valence-corrected chi connectivity index (χ4v) is 2.71. The van der Waals surface area contributed by atoms with Crippen LogP contribution in [-0.4, -0.2) is 29.4 Å². The van der Waals surface area contributed by atoms with Gasteiger partial charge in [-0.15, -0.1) is 0 Å². The summed E-state index contributed by atoms with van der Waals surface area (Å²) in [6, 6.07) is 2.26. The number of primary amides is 1. The molecule has 0 bridgehead atoms. The van der Waals surface area contributed by atoms with Crippen LogP contribution >= 0.6 is 11.3 Å². The molecule has 2 unspecified atom stereocenters. The maximum Gasteiger partial charge on any atom is 0.231 e. The first-order chi connectivity index (χ1) is 7.93. The number of carbonyl (C=O) groups excluding carboxylic acids is 1. The first kappa shape index (κ1) is 14.2. The van der Waals surface area contributed by atoms with E-state index < -0.39 is 0 Å². The van der Waals surface area contributed by atoms with Gasteiger partial charge in [-0.2, -0.15) is 11.3 Å². The summed E-state index contributed by atoms with van der Waals surface area (Å²) < 4.78 is 0.